The first kappa shape index (κ1) is 22.9. The number of ketones is 1. The van der Waals surface area contributed by atoms with Crippen LogP contribution in [0.4, 0.5) is 5.69 Å². The summed E-state index contributed by atoms with van der Waals surface area (Å²) in [4.78, 5) is 41.3. The summed E-state index contributed by atoms with van der Waals surface area (Å²) in [5.41, 5.74) is 4.70. The average molecular weight is 477 g/mol. The first-order chi connectivity index (χ1) is 16.5. The van der Waals surface area contributed by atoms with Crippen LogP contribution in [-0.4, -0.2) is 26.3 Å². The summed E-state index contributed by atoms with van der Waals surface area (Å²) >= 11 is 0. The number of fused-ring (bicyclic) bond motifs is 5. The topological polar surface area (TPSA) is 139 Å². The lowest BCUT2D eigenvalue weighted by Gasteiger charge is -2.34. The lowest BCUT2D eigenvalue weighted by Crippen LogP contribution is -2.60. The molecule has 0 radical (unpaired) electrons. The van der Waals surface area contributed by atoms with E-state index in [0.717, 1.165) is 11.8 Å². The largest absolute Gasteiger partial charge is 0.454 e. The molecule has 182 valence electrons. The number of aromatic amines is 1. The minimum atomic E-state index is -2.20. The number of H-pyrrole nitrogens is 1. The predicted octanol–water partition coefficient (Wildman–Crippen LogP) is 2.33. The van der Waals surface area contributed by atoms with Crippen molar-refractivity contribution in [2.75, 3.05) is 5.73 Å². The van der Waals surface area contributed by atoms with Gasteiger partial charge in [-0.25, -0.2) is 4.79 Å². The number of carbonyl (C=O) groups is 2. The number of hydrogen-bond acceptors (Lipinski definition) is 6. The summed E-state index contributed by atoms with van der Waals surface area (Å²) in [6.07, 6.45) is 1.47. The molecular weight excluding hydrogens is 448 g/mol. The van der Waals surface area contributed by atoms with Gasteiger partial charge in [-0.2, -0.15) is 0 Å². The van der Waals surface area contributed by atoms with E-state index < -0.39 is 28.7 Å². The molecule has 3 aromatic rings. The van der Waals surface area contributed by atoms with Gasteiger partial charge < -0.3 is 25.9 Å². The second kappa shape index (κ2) is 7.58. The number of aromatic nitrogens is 2. The zero-order chi connectivity index (χ0) is 25.3. The van der Waals surface area contributed by atoms with Gasteiger partial charge in [0.25, 0.3) is 11.7 Å². The molecule has 1 fully saturated rings. The highest BCUT2D eigenvalue weighted by Gasteiger charge is 2.72. The summed E-state index contributed by atoms with van der Waals surface area (Å²) in [5.74, 6) is -1.15. The van der Waals surface area contributed by atoms with Crippen LogP contribution < -0.4 is 21.5 Å². The lowest BCUT2D eigenvalue weighted by molar-refractivity contribution is -0.169. The SMILES string of the molecule is CC1C[C@@H]1C.Cc1c(C(=O)NC23C(=O)c4c(N)cccc4C2(O)Oc2ccccc23)[nH]c(=O)n1C. The molecule has 9 heteroatoms. The third-order valence-corrected chi connectivity index (χ3v) is 7.53. The Morgan fingerprint density at radius 1 is 1.14 bits per heavy atom. The normalized spacial score (nSPS) is 27.2. The summed E-state index contributed by atoms with van der Waals surface area (Å²) in [6.45, 7) is 6.19. The minimum absolute atomic E-state index is 0.0136. The Balaban J connectivity index is 0.000000453. The zero-order valence-electron chi connectivity index (χ0n) is 20.0. The van der Waals surface area contributed by atoms with E-state index in [1.54, 1.807) is 49.4 Å². The lowest BCUT2D eigenvalue weighted by atomic mass is 9.83. The molecule has 0 saturated heterocycles. The van der Waals surface area contributed by atoms with Crippen LogP contribution in [0.3, 0.4) is 0 Å². The van der Waals surface area contributed by atoms with Crippen molar-refractivity contribution in [1.82, 2.24) is 14.9 Å². The Kier molecular flexibility index (Phi) is 4.96. The van der Waals surface area contributed by atoms with Crippen LogP contribution in [-0.2, 0) is 18.4 Å². The number of benzene rings is 2. The molecule has 1 aromatic heterocycles. The van der Waals surface area contributed by atoms with Crippen LogP contribution in [0, 0.1) is 18.8 Å². The molecule has 2 aliphatic carbocycles. The van der Waals surface area contributed by atoms with E-state index >= 15 is 0 Å². The summed E-state index contributed by atoms with van der Waals surface area (Å²) in [5, 5.41) is 14.4. The van der Waals surface area contributed by atoms with E-state index in [1.165, 1.54) is 18.0 Å². The maximum Gasteiger partial charge on any atom is 0.326 e. The number of nitrogens with zero attached hydrogens (tertiary/aromatic N) is 1. The third kappa shape index (κ3) is 3.07. The van der Waals surface area contributed by atoms with Crippen molar-refractivity contribution >= 4 is 17.4 Å². The number of amides is 1. The van der Waals surface area contributed by atoms with Crippen molar-refractivity contribution in [2.45, 2.75) is 38.5 Å². The highest BCUT2D eigenvalue weighted by atomic mass is 16.6. The number of nitrogens with two attached hydrogens (primary N) is 1. The highest BCUT2D eigenvalue weighted by Crippen LogP contribution is 2.58. The third-order valence-electron chi connectivity index (χ3n) is 7.53. The van der Waals surface area contributed by atoms with Crippen LogP contribution in [0.5, 0.6) is 5.75 Å². The van der Waals surface area contributed by atoms with E-state index in [2.05, 4.69) is 24.1 Å². The molecule has 0 spiro atoms. The maximum absolute atomic E-state index is 13.7. The standard InChI is InChI=1S/C21H18N4O5.C5H10/c1-10-16(23-19(28)25(10)2)18(27)24-20-11-6-3-4-9-14(11)30-21(20,29)12-7-5-8-13(22)15(12)17(20)26;1-4-3-5(4)2/h3-9,29H,22H2,1-2H3,(H,23,28)(H,24,27);4-5H,3H2,1-2H3/t;4-,5?/m.0/s1. The molecule has 1 aliphatic heterocycles. The maximum atomic E-state index is 13.7. The van der Waals surface area contributed by atoms with Gasteiger partial charge in [0.05, 0.1) is 5.56 Å². The first-order valence-electron chi connectivity index (χ1n) is 11.6. The number of nitrogen functional groups attached to an aromatic ring is 1. The fourth-order valence-corrected chi connectivity index (χ4v) is 4.88. The molecular formula is C26H28N4O5. The van der Waals surface area contributed by atoms with E-state index in [0.29, 0.717) is 11.3 Å². The van der Waals surface area contributed by atoms with Crippen molar-refractivity contribution in [1.29, 1.82) is 0 Å². The van der Waals surface area contributed by atoms with Gasteiger partial charge >= 0.3 is 5.69 Å². The monoisotopic (exact) mass is 476 g/mol. The Hall–Kier alpha value is -3.85. The van der Waals surface area contributed by atoms with E-state index in [-0.39, 0.29) is 28.3 Å². The molecule has 4 atom stereocenters. The highest BCUT2D eigenvalue weighted by molar-refractivity contribution is 6.15. The minimum Gasteiger partial charge on any atom is -0.454 e. The van der Waals surface area contributed by atoms with Gasteiger partial charge in [0.1, 0.15) is 11.4 Å². The number of nitrogens with one attached hydrogen (secondary N) is 2. The number of ether oxygens (including phenoxy) is 1. The summed E-state index contributed by atoms with van der Waals surface area (Å²) in [7, 11) is 1.52. The van der Waals surface area contributed by atoms with Crippen LogP contribution in [0.15, 0.2) is 47.3 Å². The van der Waals surface area contributed by atoms with Gasteiger partial charge in [0, 0.05) is 29.6 Å². The van der Waals surface area contributed by atoms with Crippen molar-refractivity contribution in [2.24, 2.45) is 18.9 Å². The van der Waals surface area contributed by atoms with Crippen molar-refractivity contribution < 1.29 is 19.4 Å². The molecule has 0 bridgehead atoms. The van der Waals surface area contributed by atoms with Gasteiger partial charge in [-0.1, -0.05) is 44.2 Å². The van der Waals surface area contributed by atoms with Gasteiger partial charge in [-0.15, -0.1) is 0 Å². The molecule has 1 amide bonds. The van der Waals surface area contributed by atoms with E-state index in [4.69, 9.17) is 10.5 Å². The second-order valence-electron chi connectivity index (χ2n) is 9.69. The number of para-hydroxylation sites is 1. The number of anilines is 1. The molecule has 2 heterocycles. The number of rotatable bonds is 2. The van der Waals surface area contributed by atoms with Gasteiger partial charge in [-0.3, -0.25) is 14.2 Å². The quantitative estimate of drug-likeness (QED) is 0.419. The van der Waals surface area contributed by atoms with E-state index in [1.807, 2.05) is 0 Å². The number of hydrogen-bond donors (Lipinski definition) is 4. The molecule has 35 heavy (non-hydrogen) atoms. The Labute approximate surface area is 201 Å². The Bertz CT molecular complexity index is 1430. The van der Waals surface area contributed by atoms with Gasteiger partial charge in [0.15, 0.2) is 0 Å². The molecule has 1 saturated carbocycles. The predicted molar refractivity (Wildman–Crippen MR) is 129 cm³/mol. The van der Waals surface area contributed by atoms with Crippen molar-refractivity contribution in [3.63, 3.8) is 0 Å². The smallest absolute Gasteiger partial charge is 0.326 e. The van der Waals surface area contributed by atoms with Crippen LogP contribution in [0.25, 0.3) is 0 Å². The van der Waals surface area contributed by atoms with E-state index in [9.17, 15) is 19.5 Å². The molecule has 9 nitrogen and oxygen atoms in total. The van der Waals surface area contributed by atoms with Crippen molar-refractivity contribution in [3.05, 3.63) is 81.0 Å². The zero-order valence-corrected chi connectivity index (χ0v) is 20.0. The summed E-state index contributed by atoms with van der Waals surface area (Å²) in [6, 6.07) is 11.3. The number of aliphatic hydroxyl groups is 1. The summed E-state index contributed by atoms with van der Waals surface area (Å²) < 4.78 is 7.14. The Morgan fingerprint density at radius 3 is 2.37 bits per heavy atom. The fraction of sp³-hybridized carbons (Fsp3) is 0.346. The molecule has 3 aliphatic rings. The van der Waals surface area contributed by atoms with Crippen LogP contribution in [0.2, 0.25) is 0 Å². The number of imidazole rings is 1. The molecule has 5 N–H and O–H groups in total. The van der Waals surface area contributed by atoms with Gasteiger partial charge in [-0.05, 0) is 37.3 Å². The second-order valence-corrected chi connectivity index (χ2v) is 9.69. The van der Waals surface area contributed by atoms with Crippen molar-refractivity contribution in [3.8, 4) is 5.75 Å². The number of Topliss-reactive ketones (excluding diaryl/α,β-unsaturated/α-hetero) is 1. The van der Waals surface area contributed by atoms with Crippen LogP contribution in [0.1, 0.15) is 57.9 Å². The van der Waals surface area contributed by atoms with Crippen LogP contribution >= 0.6 is 0 Å². The number of carbonyl (C=O) groups excluding carboxylic acids is 2. The molecule has 2 aromatic carbocycles. The Morgan fingerprint density at radius 2 is 1.77 bits per heavy atom. The average Bonchev–Trinajstić information content (AvgIpc) is 3.24. The first-order valence-corrected chi connectivity index (χ1v) is 11.6. The molecule has 3 unspecified atom stereocenters. The van der Waals surface area contributed by atoms with Gasteiger partial charge in [0.2, 0.25) is 11.3 Å². The fourth-order valence-electron chi connectivity index (χ4n) is 4.88. The molecule has 6 rings (SSSR count).